The molecule has 0 amide bonds. The van der Waals surface area contributed by atoms with Crippen molar-refractivity contribution in [1.82, 2.24) is 9.97 Å². The highest BCUT2D eigenvalue weighted by molar-refractivity contribution is 5.49. The fourth-order valence-electron chi connectivity index (χ4n) is 2.43. The van der Waals surface area contributed by atoms with E-state index in [-0.39, 0.29) is 12.4 Å². The monoisotopic (exact) mass is 285 g/mol. The lowest BCUT2D eigenvalue weighted by atomic mass is 10.2. The molecule has 0 bridgehead atoms. The molecule has 2 aromatic rings. The van der Waals surface area contributed by atoms with E-state index >= 15 is 0 Å². The molecule has 2 N–H and O–H groups in total. The van der Waals surface area contributed by atoms with Gasteiger partial charge in [0.25, 0.3) is 5.56 Å². The number of para-hydroxylation sites is 1. The topological polar surface area (TPSA) is 76.2 Å². The van der Waals surface area contributed by atoms with E-state index < -0.39 is 0 Å². The number of aromatic amines is 1. The fraction of sp³-hybridized carbons (Fsp3) is 0.333. The van der Waals surface area contributed by atoms with E-state index in [1.54, 1.807) is 0 Å². The third kappa shape index (κ3) is 2.44. The minimum Gasteiger partial charge on any atom is -0.454 e. The second-order valence-electron chi connectivity index (χ2n) is 5.29. The Bertz CT molecular complexity index is 737. The highest BCUT2D eigenvalue weighted by Crippen LogP contribution is 2.38. The third-order valence-corrected chi connectivity index (χ3v) is 3.66. The molecule has 108 valence electrons. The largest absolute Gasteiger partial charge is 0.454 e. The van der Waals surface area contributed by atoms with Gasteiger partial charge in [-0.05, 0) is 18.9 Å². The van der Waals surface area contributed by atoms with E-state index in [9.17, 15) is 4.79 Å². The molecule has 1 fully saturated rings. The number of rotatable bonds is 4. The minimum atomic E-state index is -0.118. The summed E-state index contributed by atoms with van der Waals surface area (Å²) in [7, 11) is 0. The van der Waals surface area contributed by atoms with Gasteiger partial charge < -0.3 is 19.8 Å². The summed E-state index contributed by atoms with van der Waals surface area (Å²) in [5, 5.41) is 3.19. The summed E-state index contributed by atoms with van der Waals surface area (Å²) in [5.74, 6) is 3.31. The smallest absolute Gasteiger partial charge is 0.252 e. The molecule has 21 heavy (non-hydrogen) atoms. The molecular formula is C15H15N3O3. The van der Waals surface area contributed by atoms with Crippen molar-refractivity contribution in [3.05, 3.63) is 46.0 Å². The van der Waals surface area contributed by atoms with Crippen molar-refractivity contribution in [3.8, 4) is 11.5 Å². The van der Waals surface area contributed by atoms with Gasteiger partial charge in [-0.15, -0.1) is 0 Å². The summed E-state index contributed by atoms with van der Waals surface area (Å²) in [6.07, 6.45) is 2.20. The molecule has 0 saturated heterocycles. The van der Waals surface area contributed by atoms with E-state index in [1.807, 2.05) is 18.2 Å². The van der Waals surface area contributed by atoms with Gasteiger partial charge >= 0.3 is 0 Å². The lowest BCUT2D eigenvalue weighted by Gasteiger charge is -2.09. The first-order chi connectivity index (χ1) is 10.3. The minimum absolute atomic E-state index is 0.118. The summed E-state index contributed by atoms with van der Waals surface area (Å²) in [5.41, 5.74) is 0.868. The molecule has 1 aliphatic carbocycles. The number of aromatic nitrogens is 2. The number of hydrogen-bond donors (Lipinski definition) is 2. The maximum Gasteiger partial charge on any atom is 0.252 e. The Morgan fingerprint density at radius 2 is 2.24 bits per heavy atom. The Morgan fingerprint density at radius 1 is 1.33 bits per heavy atom. The van der Waals surface area contributed by atoms with Gasteiger partial charge in [-0.2, -0.15) is 0 Å². The first-order valence-electron chi connectivity index (χ1n) is 7.02. The van der Waals surface area contributed by atoms with Crippen LogP contribution in [0.15, 0.2) is 29.1 Å². The van der Waals surface area contributed by atoms with Crippen LogP contribution in [0.5, 0.6) is 11.5 Å². The van der Waals surface area contributed by atoms with Crippen LogP contribution in [-0.4, -0.2) is 16.8 Å². The van der Waals surface area contributed by atoms with Gasteiger partial charge in [-0.25, -0.2) is 4.98 Å². The number of nitrogens with zero attached hydrogens (tertiary/aromatic N) is 1. The zero-order valence-corrected chi connectivity index (χ0v) is 11.4. The maximum absolute atomic E-state index is 11.7. The van der Waals surface area contributed by atoms with Gasteiger partial charge in [0.1, 0.15) is 11.6 Å². The fourth-order valence-corrected chi connectivity index (χ4v) is 2.43. The molecular weight excluding hydrogens is 270 g/mol. The quantitative estimate of drug-likeness (QED) is 0.898. The molecule has 1 aromatic carbocycles. The maximum atomic E-state index is 11.7. The highest BCUT2D eigenvalue weighted by Gasteiger charge is 2.26. The normalized spacial score (nSPS) is 16.0. The van der Waals surface area contributed by atoms with E-state index in [1.165, 1.54) is 6.07 Å². The van der Waals surface area contributed by atoms with Crippen molar-refractivity contribution < 1.29 is 9.47 Å². The molecule has 1 aromatic heterocycles. The Labute approximate surface area is 121 Å². The van der Waals surface area contributed by atoms with E-state index in [0.717, 1.165) is 35.7 Å². The predicted octanol–water partition coefficient (Wildman–Crippen LogP) is 1.99. The van der Waals surface area contributed by atoms with E-state index in [0.29, 0.717) is 18.3 Å². The van der Waals surface area contributed by atoms with Crippen LogP contribution < -0.4 is 20.3 Å². The molecule has 0 unspecified atom stereocenters. The summed E-state index contributed by atoms with van der Waals surface area (Å²) in [4.78, 5) is 18.9. The number of anilines is 1. The molecule has 4 rings (SSSR count). The van der Waals surface area contributed by atoms with Crippen LogP contribution in [0, 0.1) is 0 Å². The number of fused-ring (bicyclic) bond motifs is 1. The molecule has 0 spiro atoms. The Hall–Kier alpha value is -2.50. The molecule has 2 aliphatic rings. The van der Waals surface area contributed by atoms with Crippen molar-refractivity contribution >= 4 is 5.82 Å². The summed E-state index contributed by atoms with van der Waals surface area (Å²) in [6, 6.07) is 7.25. The molecule has 0 radical (unpaired) electrons. The predicted molar refractivity (Wildman–Crippen MR) is 76.7 cm³/mol. The van der Waals surface area contributed by atoms with Crippen molar-refractivity contribution in [2.45, 2.75) is 25.3 Å². The van der Waals surface area contributed by atoms with Gasteiger partial charge in [0.15, 0.2) is 11.5 Å². The van der Waals surface area contributed by atoms with Crippen LogP contribution in [0.2, 0.25) is 0 Å². The molecule has 1 saturated carbocycles. The van der Waals surface area contributed by atoms with Gasteiger partial charge in [0.05, 0.1) is 0 Å². The Balaban J connectivity index is 1.55. The summed E-state index contributed by atoms with van der Waals surface area (Å²) < 4.78 is 10.8. The van der Waals surface area contributed by atoms with Crippen LogP contribution in [0.3, 0.4) is 0 Å². The van der Waals surface area contributed by atoms with Gasteiger partial charge in [-0.3, -0.25) is 4.79 Å². The van der Waals surface area contributed by atoms with Crippen LogP contribution in [0.25, 0.3) is 0 Å². The van der Waals surface area contributed by atoms with Crippen molar-refractivity contribution in [2.75, 3.05) is 12.1 Å². The number of ether oxygens (including phenoxy) is 2. The van der Waals surface area contributed by atoms with E-state index in [2.05, 4.69) is 15.3 Å². The Kier molecular flexibility index (Phi) is 2.80. The standard InChI is InChI=1S/C15H15N3O3/c19-13-6-12(17-15(18-13)9-4-5-9)16-7-10-2-1-3-11-14(10)21-8-20-11/h1-3,6,9H,4-5,7-8H2,(H2,16,17,18,19). The zero-order chi connectivity index (χ0) is 14.2. The number of nitrogens with one attached hydrogen (secondary N) is 2. The summed E-state index contributed by atoms with van der Waals surface area (Å²) >= 11 is 0. The van der Waals surface area contributed by atoms with Gasteiger partial charge in [-0.1, -0.05) is 12.1 Å². The zero-order valence-electron chi connectivity index (χ0n) is 11.4. The van der Waals surface area contributed by atoms with Gasteiger partial charge in [0.2, 0.25) is 6.79 Å². The highest BCUT2D eigenvalue weighted by atomic mass is 16.7. The second-order valence-corrected chi connectivity index (χ2v) is 5.29. The van der Waals surface area contributed by atoms with Crippen molar-refractivity contribution in [2.24, 2.45) is 0 Å². The first-order valence-corrected chi connectivity index (χ1v) is 7.02. The van der Waals surface area contributed by atoms with Crippen LogP contribution in [-0.2, 0) is 6.54 Å². The van der Waals surface area contributed by atoms with Crippen molar-refractivity contribution in [1.29, 1.82) is 0 Å². The van der Waals surface area contributed by atoms with Crippen LogP contribution >= 0.6 is 0 Å². The SMILES string of the molecule is O=c1cc(NCc2cccc3c2OCO3)nc(C2CC2)[nH]1. The number of hydrogen-bond acceptors (Lipinski definition) is 5. The molecule has 2 heterocycles. The average molecular weight is 285 g/mol. The number of benzene rings is 1. The first kappa shape index (κ1) is 12.3. The molecule has 6 heteroatoms. The molecule has 6 nitrogen and oxygen atoms in total. The lowest BCUT2D eigenvalue weighted by molar-refractivity contribution is 0.173. The van der Waals surface area contributed by atoms with Crippen LogP contribution in [0.1, 0.15) is 30.1 Å². The molecule has 1 aliphatic heterocycles. The summed E-state index contributed by atoms with van der Waals surface area (Å²) in [6.45, 7) is 0.786. The van der Waals surface area contributed by atoms with Gasteiger partial charge in [0, 0.05) is 24.1 Å². The lowest BCUT2D eigenvalue weighted by Crippen LogP contribution is -2.13. The Morgan fingerprint density at radius 3 is 3.10 bits per heavy atom. The van der Waals surface area contributed by atoms with Crippen molar-refractivity contribution in [3.63, 3.8) is 0 Å². The van der Waals surface area contributed by atoms with E-state index in [4.69, 9.17) is 9.47 Å². The molecule has 0 atom stereocenters. The third-order valence-electron chi connectivity index (χ3n) is 3.66. The number of H-pyrrole nitrogens is 1. The second kappa shape index (κ2) is 4.80. The average Bonchev–Trinajstić information content (AvgIpc) is 3.22. The van der Waals surface area contributed by atoms with Crippen LogP contribution in [0.4, 0.5) is 5.82 Å².